The van der Waals surface area contributed by atoms with E-state index in [2.05, 4.69) is 5.32 Å². The second-order valence-electron chi connectivity index (χ2n) is 3.15. The van der Waals surface area contributed by atoms with Gasteiger partial charge in [-0.25, -0.2) is 0 Å². The van der Waals surface area contributed by atoms with Crippen LogP contribution in [0.1, 0.15) is 13.3 Å². The van der Waals surface area contributed by atoms with Gasteiger partial charge < -0.3 is 21.3 Å². The van der Waals surface area contributed by atoms with E-state index in [1.54, 1.807) is 6.92 Å². The van der Waals surface area contributed by atoms with E-state index in [1.807, 2.05) is 0 Å². The number of aliphatic hydroxyl groups is 1. The van der Waals surface area contributed by atoms with Crippen LogP contribution in [-0.2, 0) is 4.79 Å². The van der Waals surface area contributed by atoms with E-state index < -0.39 is 18.1 Å². The number of nitrogens with one attached hydrogen (secondary N) is 1. The normalized spacial score (nSPS) is 17.8. The molecule has 5 heteroatoms. The Kier molecular flexibility index (Phi) is 5.61. The molecule has 0 saturated carbocycles. The second kappa shape index (κ2) is 5.90. The summed E-state index contributed by atoms with van der Waals surface area (Å²) in [6, 6.07) is -0.915. The highest BCUT2D eigenvalue weighted by Crippen LogP contribution is 2.10. The number of likely N-dealkylation sites (N-methyl/N-ethyl adjacent to an activating group) is 1. The summed E-state index contributed by atoms with van der Waals surface area (Å²) in [5, 5.41) is 20.8. The smallest absolute Gasteiger partial charge is 0.323 e. The molecule has 0 aliphatic rings. The fourth-order valence-corrected chi connectivity index (χ4v) is 1.20. The lowest BCUT2D eigenvalue weighted by molar-refractivity contribution is -0.143. The highest BCUT2D eigenvalue weighted by Gasteiger charge is 2.28. The largest absolute Gasteiger partial charge is 0.480 e. The molecule has 0 aromatic carbocycles. The number of carboxylic acids is 1. The van der Waals surface area contributed by atoms with Crippen molar-refractivity contribution in [2.45, 2.75) is 25.5 Å². The van der Waals surface area contributed by atoms with Crippen LogP contribution >= 0.6 is 0 Å². The molecule has 0 aromatic rings. The molecule has 0 fully saturated rings. The highest BCUT2D eigenvalue weighted by atomic mass is 16.4. The minimum atomic E-state index is -1.04. The molecule has 78 valence electrons. The lowest BCUT2D eigenvalue weighted by Crippen LogP contribution is -2.47. The van der Waals surface area contributed by atoms with E-state index in [1.165, 1.54) is 7.05 Å². The van der Waals surface area contributed by atoms with Gasteiger partial charge >= 0.3 is 5.97 Å². The van der Waals surface area contributed by atoms with Crippen LogP contribution < -0.4 is 11.1 Å². The van der Waals surface area contributed by atoms with Gasteiger partial charge in [0.25, 0.3) is 0 Å². The number of carbonyl (C=O) groups is 1. The summed E-state index contributed by atoms with van der Waals surface area (Å²) in [5.41, 5.74) is 5.31. The summed E-state index contributed by atoms with van der Waals surface area (Å²) in [7, 11) is 1.51. The van der Waals surface area contributed by atoms with Crippen molar-refractivity contribution in [2.24, 2.45) is 11.7 Å². The molecule has 3 atom stereocenters. The molecular weight excluding hydrogens is 172 g/mol. The summed E-state index contributed by atoms with van der Waals surface area (Å²) in [6.45, 7) is 2.24. The molecule has 13 heavy (non-hydrogen) atoms. The summed E-state index contributed by atoms with van der Waals surface area (Å²) in [4.78, 5) is 10.6. The van der Waals surface area contributed by atoms with Crippen molar-refractivity contribution in [3.8, 4) is 0 Å². The molecular formula is C8H18N2O3. The number of hydrogen-bond acceptors (Lipinski definition) is 4. The van der Waals surface area contributed by atoms with Gasteiger partial charge in [-0.05, 0) is 25.9 Å². The van der Waals surface area contributed by atoms with E-state index in [-0.39, 0.29) is 5.92 Å². The van der Waals surface area contributed by atoms with E-state index in [0.717, 1.165) is 0 Å². The van der Waals surface area contributed by atoms with Crippen LogP contribution in [0.5, 0.6) is 0 Å². The maximum atomic E-state index is 10.6. The minimum Gasteiger partial charge on any atom is -0.480 e. The standard InChI is InChI=1S/C8H18N2O3/c1-5(3-4-9)7(11)6(10-2)8(12)13/h5-7,10-11H,3-4,9H2,1-2H3,(H,12,13)/t5-,6-,7-/m1/s1. The number of nitrogens with two attached hydrogens (primary N) is 1. The predicted octanol–water partition coefficient (Wildman–Crippen LogP) is -0.995. The van der Waals surface area contributed by atoms with Crippen LogP contribution in [0.2, 0.25) is 0 Å². The van der Waals surface area contributed by atoms with Gasteiger partial charge in [0.2, 0.25) is 0 Å². The zero-order valence-electron chi connectivity index (χ0n) is 8.03. The van der Waals surface area contributed by atoms with Crippen molar-refractivity contribution in [1.82, 2.24) is 5.32 Å². The van der Waals surface area contributed by atoms with E-state index >= 15 is 0 Å². The monoisotopic (exact) mass is 190 g/mol. The molecule has 0 aliphatic carbocycles. The molecule has 5 N–H and O–H groups in total. The lowest BCUT2D eigenvalue weighted by Gasteiger charge is -2.23. The van der Waals surface area contributed by atoms with Crippen LogP contribution in [0, 0.1) is 5.92 Å². The first kappa shape index (κ1) is 12.3. The Morgan fingerprint density at radius 2 is 2.15 bits per heavy atom. The molecule has 0 spiro atoms. The molecule has 0 aromatic heterocycles. The van der Waals surface area contributed by atoms with Gasteiger partial charge in [-0.2, -0.15) is 0 Å². The SMILES string of the molecule is CN[C@@H](C(=O)O)[C@H](O)[C@H](C)CCN. The molecule has 0 saturated heterocycles. The molecule has 0 bridgehead atoms. The van der Waals surface area contributed by atoms with Crippen LogP contribution in [0.3, 0.4) is 0 Å². The van der Waals surface area contributed by atoms with E-state index in [4.69, 9.17) is 10.8 Å². The zero-order chi connectivity index (χ0) is 10.4. The van der Waals surface area contributed by atoms with Crippen molar-refractivity contribution in [2.75, 3.05) is 13.6 Å². The molecule has 0 heterocycles. The Hall–Kier alpha value is -0.650. The average molecular weight is 190 g/mol. The summed E-state index contributed by atoms with van der Waals surface area (Å²) >= 11 is 0. The number of rotatable bonds is 6. The maximum Gasteiger partial charge on any atom is 0.323 e. The van der Waals surface area contributed by atoms with Gasteiger partial charge in [0.15, 0.2) is 0 Å². The molecule has 5 nitrogen and oxygen atoms in total. The second-order valence-corrected chi connectivity index (χ2v) is 3.15. The van der Waals surface area contributed by atoms with Crippen LogP contribution in [-0.4, -0.2) is 41.9 Å². The minimum absolute atomic E-state index is 0.112. The van der Waals surface area contributed by atoms with Gasteiger partial charge in [-0.3, -0.25) is 4.79 Å². The Labute approximate surface area is 77.9 Å². The highest BCUT2D eigenvalue weighted by molar-refractivity contribution is 5.74. The number of carboxylic acid groups (broad SMARTS) is 1. The van der Waals surface area contributed by atoms with Crippen molar-refractivity contribution in [3.05, 3.63) is 0 Å². The van der Waals surface area contributed by atoms with Crippen molar-refractivity contribution >= 4 is 5.97 Å². The Balaban J connectivity index is 4.18. The molecule has 0 amide bonds. The van der Waals surface area contributed by atoms with Crippen molar-refractivity contribution < 1.29 is 15.0 Å². The Morgan fingerprint density at radius 3 is 2.46 bits per heavy atom. The summed E-state index contributed by atoms with van der Waals surface area (Å²) < 4.78 is 0. The zero-order valence-corrected chi connectivity index (χ0v) is 8.03. The van der Waals surface area contributed by atoms with E-state index in [0.29, 0.717) is 13.0 Å². The molecule has 0 unspecified atom stereocenters. The third kappa shape index (κ3) is 3.71. The average Bonchev–Trinajstić information content (AvgIpc) is 2.05. The first-order valence-electron chi connectivity index (χ1n) is 4.32. The molecule has 0 rings (SSSR count). The lowest BCUT2D eigenvalue weighted by atomic mass is 9.95. The predicted molar refractivity (Wildman–Crippen MR) is 49.3 cm³/mol. The fourth-order valence-electron chi connectivity index (χ4n) is 1.20. The first-order chi connectivity index (χ1) is 6.04. The van der Waals surface area contributed by atoms with Gasteiger partial charge in [0.1, 0.15) is 6.04 Å². The quantitative estimate of drug-likeness (QED) is 0.431. The van der Waals surface area contributed by atoms with Gasteiger partial charge in [0.05, 0.1) is 6.10 Å². The van der Waals surface area contributed by atoms with Gasteiger partial charge in [0, 0.05) is 0 Å². The third-order valence-electron chi connectivity index (χ3n) is 2.12. The van der Waals surface area contributed by atoms with Crippen molar-refractivity contribution in [1.29, 1.82) is 0 Å². The fraction of sp³-hybridized carbons (Fsp3) is 0.875. The molecule has 0 radical (unpaired) electrons. The van der Waals surface area contributed by atoms with Crippen LogP contribution in [0.25, 0.3) is 0 Å². The summed E-state index contributed by atoms with van der Waals surface area (Å²) in [5.74, 6) is -1.16. The molecule has 0 aliphatic heterocycles. The number of hydrogen-bond donors (Lipinski definition) is 4. The van der Waals surface area contributed by atoms with Gasteiger partial charge in [-0.15, -0.1) is 0 Å². The van der Waals surface area contributed by atoms with Crippen LogP contribution in [0.4, 0.5) is 0 Å². The Bertz CT molecular complexity index is 163. The third-order valence-corrected chi connectivity index (χ3v) is 2.12. The van der Waals surface area contributed by atoms with Gasteiger partial charge in [-0.1, -0.05) is 6.92 Å². The van der Waals surface area contributed by atoms with Crippen LogP contribution in [0.15, 0.2) is 0 Å². The topological polar surface area (TPSA) is 95.6 Å². The number of aliphatic hydroxyl groups excluding tert-OH is 1. The maximum absolute atomic E-state index is 10.6. The summed E-state index contributed by atoms with van der Waals surface area (Å²) in [6.07, 6.45) is -0.279. The van der Waals surface area contributed by atoms with E-state index in [9.17, 15) is 9.90 Å². The first-order valence-corrected chi connectivity index (χ1v) is 4.32. The Morgan fingerprint density at radius 1 is 1.62 bits per heavy atom. The number of aliphatic carboxylic acids is 1. The van der Waals surface area contributed by atoms with Crippen molar-refractivity contribution in [3.63, 3.8) is 0 Å².